The van der Waals surface area contributed by atoms with Crippen LogP contribution in [0.25, 0.3) is 0 Å². The Kier molecular flexibility index (Phi) is 6.91. The first kappa shape index (κ1) is 19.0. The van der Waals surface area contributed by atoms with Crippen molar-refractivity contribution < 1.29 is 9.21 Å². The van der Waals surface area contributed by atoms with Crippen LogP contribution >= 0.6 is 0 Å². The number of benzene rings is 1. The topological polar surface area (TPSA) is 38.4 Å². The van der Waals surface area contributed by atoms with Gasteiger partial charge in [-0.05, 0) is 36.2 Å². The summed E-state index contributed by atoms with van der Waals surface area (Å²) in [7, 11) is 0. The molecule has 0 spiro atoms. The molecule has 0 radical (unpaired) electrons. The maximum Gasteiger partial charge on any atom is 0.223 e. The number of carbonyl (C=O) groups excluding carboxylic acids is 1. The number of unbranched alkanes of at least 4 members (excludes halogenated alkanes) is 2. The van der Waals surface area contributed by atoms with Crippen LogP contribution in [0.1, 0.15) is 49.6 Å². The minimum Gasteiger partial charge on any atom is -0.467 e. The molecule has 0 aliphatic rings. The Morgan fingerprint density at radius 1 is 1.00 bits per heavy atom. The van der Waals surface area contributed by atoms with E-state index in [-0.39, 0.29) is 5.91 Å². The molecule has 0 bridgehead atoms. The number of hydrogen-bond donors (Lipinski definition) is 0. The summed E-state index contributed by atoms with van der Waals surface area (Å²) >= 11 is 0. The van der Waals surface area contributed by atoms with E-state index >= 15 is 0 Å². The van der Waals surface area contributed by atoms with Crippen molar-refractivity contribution in [1.29, 1.82) is 0 Å². The lowest BCUT2D eigenvalue weighted by molar-refractivity contribution is -0.132. The minimum atomic E-state index is 0.187. The molecule has 0 atom stereocenters. The Labute approximate surface area is 161 Å². The molecule has 2 heterocycles. The molecule has 0 saturated carbocycles. The molecule has 3 rings (SSSR count). The lowest BCUT2D eigenvalue weighted by Crippen LogP contribution is -2.30. The summed E-state index contributed by atoms with van der Waals surface area (Å²) in [4.78, 5) is 14.7. The number of carbonyl (C=O) groups is 1. The Morgan fingerprint density at radius 2 is 1.85 bits per heavy atom. The van der Waals surface area contributed by atoms with E-state index in [4.69, 9.17) is 4.42 Å². The molecule has 0 aliphatic carbocycles. The fourth-order valence-electron chi connectivity index (χ4n) is 3.23. The van der Waals surface area contributed by atoms with Crippen molar-refractivity contribution in [2.75, 3.05) is 0 Å². The van der Waals surface area contributed by atoms with Gasteiger partial charge >= 0.3 is 0 Å². The third-order valence-electron chi connectivity index (χ3n) is 4.75. The molecule has 4 nitrogen and oxygen atoms in total. The van der Waals surface area contributed by atoms with Gasteiger partial charge in [-0.1, -0.05) is 50.1 Å². The Balaban J connectivity index is 1.71. The second kappa shape index (κ2) is 9.81. The fourth-order valence-corrected chi connectivity index (χ4v) is 3.23. The lowest BCUT2D eigenvalue weighted by atomic mass is 10.2. The summed E-state index contributed by atoms with van der Waals surface area (Å²) in [5.74, 6) is 1.01. The number of hydrogen-bond acceptors (Lipinski definition) is 2. The van der Waals surface area contributed by atoms with E-state index in [2.05, 4.69) is 48.0 Å². The lowest BCUT2D eigenvalue weighted by Gasteiger charge is -2.23. The van der Waals surface area contributed by atoms with Crippen molar-refractivity contribution in [1.82, 2.24) is 9.47 Å². The van der Waals surface area contributed by atoms with Crippen LogP contribution in [-0.2, 0) is 24.4 Å². The minimum absolute atomic E-state index is 0.187. The SMILES string of the molecule is CCCCCC(=O)N(Cc1ccco1)Cc1cccn1Cc1ccccc1. The van der Waals surface area contributed by atoms with E-state index in [0.29, 0.717) is 19.5 Å². The number of aromatic nitrogens is 1. The van der Waals surface area contributed by atoms with Crippen LogP contribution in [0.15, 0.2) is 71.5 Å². The molecule has 27 heavy (non-hydrogen) atoms. The van der Waals surface area contributed by atoms with Crippen LogP contribution in [0.2, 0.25) is 0 Å². The van der Waals surface area contributed by atoms with Gasteiger partial charge in [0.05, 0.1) is 19.4 Å². The van der Waals surface area contributed by atoms with Crippen molar-refractivity contribution in [2.45, 2.75) is 52.2 Å². The highest BCUT2D eigenvalue weighted by Crippen LogP contribution is 2.15. The zero-order valence-corrected chi connectivity index (χ0v) is 16.0. The van der Waals surface area contributed by atoms with Gasteiger partial charge < -0.3 is 13.9 Å². The Hall–Kier alpha value is -2.75. The number of rotatable bonds is 10. The molecule has 142 valence electrons. The van der Waals surface area contributed by atoms with Gasteiger partial charge in [0.2, 0.25) is 5.91 Å². The highest BCUT2D eigenvalue weighted by Gasteiger charge is 2.17. The molecule has 1 aromatic carbocycles. The normalized spacial score (nSPS) is 10.9. The predicted octanol–water partition coefficient (Wildman–Crippen LogP) is 5.24. The molecule has 4 heteroatoms. The van der Waals surface area contributed by atoms with Crippen molar-refractivity contribution in [2.24, 2.45) is 0 Å². The molecule has 0 aliphatic heterocycles. The van der Waals surface area contributed by atoms with Gasteiger partial charge in [-0.2, -0.15) is 0 Å². The quantitative estimate of drug-likeness (QED) is 0.462. The summed E-state index contributed by atoms with van der Waals surface area (Å²) in [5, 5.41) is 0. The first-order valence-electron chi connectivity index (χ1n) is 9.74. The van der Waals surface area contributed by atoms with Crippen LogP contribution in [-0.4, -0.2) is 15.4 Å². The van der Waals surface area contributed by atoms with E-state index in [9.17, 15) is 4.79 Å². The van der Waals surface area contributed by atoms with Gasteiger partial charge in [-0.15, -0.1) is 0 Å². The van der Waals surface area contributed by atoms with Crippen molar-refractivity contribution >= 4 is 5.91 Å². The third-order valence-corrected chi connectivity index (χ3v) is 4.75. The van der Waals surface area contributed by atoms with E-state index in [1.54, 1.807) is 6.26 Å². The number of amides is 1. The number of furan rings is 1. The van der Waals surface area contributed by atoms with Gasteiger partial charge in [0.1, 0.15) is 5.76 Å². The molecular weight excluding hydrogens is 336 g/mol. The van der Waals surface area contributed by atoms with Crippen LogP contribution in [0.3, 0.4) is 0 Å². The summed E-state index contributed by atoms with van der Waals surface area (Å²) in [6.45, 7) is 4.06. The zero-order chi connectivity index (χ0) is 18.9. The Morgan fingerprint density at radius 3 is 2.59 bits per heavy atom. The maximum atomic E-state index is 12.8. The zero-order valence-electron chi connectivity index (χ0n) is 16.0. The van der Waals surface area contributed by atoms with Crippen molar-refractivity contribution in [3.05, 3.63) is 84.1 Å². The predicted molar refractivity (Wildman–Crippen MR) is 107 cm³/mol. The number of nitrogens with zero attached hydrogens (tertiary/aromatic N) is 2. The summed E-state index contributed by atoms with van der Waals surface area (Å²) < 4.78 is 7.70. The van der Waals surface area contributed by atoms with Gasteiger partial charge in [0.15, 0.2) is 0 Å². The highest BCUT2D eigenvalue weighted by molar-refractivity contribution is 5.76. The van der Waals surface area contributed by atoms with Gasteiger partial charge in [0, 0.05) is 24.9 Å². The van der Waals surface area contributed by atoms with Crippen LogP contribution in [0, 0.1) is 0 Å². The smallest absolute Gasteiger partial charge is 0.223 e. The largest absolute Gasteiger partial charge is 0.467 e. The summed E-state index contributed by atoms with van der Waals surface area (Å²) in [6, 6.07) is 18.3. The van der Waals surface area contributed by atoms with Crippen LogP contribution in [0.4, 0.5) is 0 Å². The first-order valence-corrected chi connectivity index (χ1v) is 9.74. The van der Waals surface area contributed by atoms with Gasteiger partial charge in [0.25, 0.3) is 0 Å². The fraction of sp³-hybridized carbons (Fsp3) is 0.348. The molecule has 2 aromatic heterocycles. The molecule has 0 fully saturated rings. The first-order chi connectivity index (χ1) is 13.3. The average molecular weight is 364 g/mol. The molecule has 3 aromatic rings. The Bertz CT molecular complexity index is 806. The highest BCUT2D eigenvalue weighted by atomic mass is 16.3. The van der Waals surface area contributed by atoms with Gasteiger partial charge in [-0.25, -0.2) is 0 Å². The third kappa shape index (κ3) is 5.61. The van der Waals surface area contributed by atoms with E-state index in [1.807, 2.05) is 29.2 Å². The molecule has 1 amide bonds. The monoisotopic (exact) mass is 364 g/mol. The van der Waals surface area contributed by atoms with E-state index < -0.39 is 0 Å². The summed E-state index contributed by atoms with van der Waals surface area (Å²) in [5.41, 5.74) is 2.39. The molecule has 0 saturated heterocycles. The van der Waals surface area contributed by atoms with Crippen molar-refractivity contribution in [3.63, 3.8) is 0 Å². The standard InChI is InChI=1S/C23H28N2O2/c1-2-3-5-14-23(26)25(19-22-13-9-16-27-22)18-21-12-8-15-24(21)17-20-10-6-4-7-11-20/h4,6-13,15-16H,2-3,5,14,17-19H2,1H3. The van der Waals surface area contributed by atoms with Crippen LogP contribution in [0.5, 0.6) is 0 Å². The molecule has 0 N–H and O–H groups in total. The van der Waals surface area contributed by atoms with E-state index in [0.717, 1.165) is 37.3 Å². The summed E-state index contributed by atoms with van der Waals surface area (Å²) in [6.07, 6.45) is 7.47. The second-order valence-electron chi connectivity index (χ2n) is 6.90. The molecule has 0 unspecified atom stereocenters. The average Bonchev–Trinajstić information content (AvgIpc) is 3.35. The van der Waals surface area contributed by atoms with E-state index in [1.165, 1.54) is 5.56 Å². The van der Waals surface area contributed by atoms with Gasteiger partial charge in [-0.3, -0.25) is 4.79 Å². The van der Waals surface area contributed by atoms with Crippen LogP contribution < -0.4 is 0 Å². The second-order valence-corrected chi connectivity index (χ2v) is 6.90. The molecular formula is C23H28N2O2. The maximum absolute atomic E-state index is 12.8. The van der Waals surface area contributed by atoms with Crippen molar-refractivity contribution in [3.8, 4) is 0 Å².